The number of hydrogen-bond donors (Lipinski definition) is 1. The number of benzene rings is 1. The Kier molecular flexibility index (Phi) is 4.55. The number of rotatable bonds is 5. The molecule has 1 aromatic heterocycles. The third-order valence-corrected chi connectivity index (χ3v) is 4.42. The number of carbonyl (C=O) groups is 1. The van der Waals surface area contributed by atoms with E-state index in [0.717, 1.165) is 17.0 Å². The van der Waals surface area contributed by atoms with Gasteiger partial charge in [0.25, 0.3) is 0 Å². The number of nitrogens with zero attached hydrogens (tertiary/aromatic N) is 1. The van der Waals surface area contributed by atoms with Gasteiger partial charge in [-0.15, -0.1) is 11.3 Å². The van der Waals surface area contributed by atoms with Crippen LogP contribution in [0.25, 0.3) is 0 Å². The zero-order chi connectivity index (χ0) is 14.7. The smallest absolute Gasteiger partial charge is 0.310 e. The van der Waals surface area contributed by atoms with Gasteiger partial charge in [-0.05, 0) is 24.0 Å². The summed E-state index contributed by atoms with van der Waals surface area (Å²) in [5.74, 6) is -0.342. The quantitative estimate of drug-likeness (QED) is 0.911. The molecule has 0 spiro atoms. The third-order valence-electron chi connectivity index (χ3n) is 3.27. The predicted molar refractivity (Wildman–Crippen MR) is 81.5 cm³/mol. The maximum absolute atomic E-state index is 10.8. The van der Waals surface area contributed by atoms with Crippen LogP contribution in [0.3, 0.4) is 0 Å². The summed E-state index contributed by atoms with van der Waals surface area (Å²) in [4.78, 5) is 16.3. The molecule has 0 radical (unpaired) electrons. The topological polar surface area (TPSA) is 50.2 Å². The van der Waals surface area contributed by atoms with E-state index in [-0.39, 0.29) is 6.42 Å². The number of carboxylic acids is 1. The molecule has 3 nitrogen and oxygen atoms in total. The zero-order valence-corrected chi connectivity index (χ0v) is 12.8. The molecule has 1 N–H and O–H groups in total. The van der Waals surface area contributed by atoms with E-state index < -0.39 is 5.97 Å². The van der Waals surface area contributed by atoms with Crippen LogP contribution in [0, 0.1) is 6.92 Å². The second-order valence-electron chi connectivity index (χ2n) is 5.22. The van der Waals surface area contributed by atoms with Crippen LogP contribution in [0.4, 0.5) is 0 Å². The number of aromatic nitrogens is 1. The summed E-state index contributed by atoms with van der Waals surface area (Å²) in [7, 11) is 0. The van der Waals surface area contributed by atoms with Gasteiger partial charge in [0, 0.05) is 11.3 Å². The van der Waals surface area contributed by atoms with E-state index >= 15 is 0 Å². The van der Waals surface area contributed by atoms with E-state index in [1.54, 1.807) is 0 Å². The standard InChI is InChI=1S/C16H19NO2S/c1-10(2)13-7-5-4-6-12(13)8-14-11(3)17-15(20-14)9-16(18)19/h4-7,10H,8-9H2,1-3H3,(H,18,19). The molecule has 2 aromatic rings. The van der Waals surface area contributed by atoms with E-state index in [2.05, 4.69) is 43.1 Å². The van der Waals surface area contributed by atoms with Crippen LogP contribution < -0.4 is 0 Å². The highest BCUT2D eigenvalue weighted by Crippen LogP contribution is 2.26. The number of aliphatic carboxylic acids is 1. The molecule has 20 heavy (non-hydrogen) atoms. The van der Waals surface area contributed by atoms with Crippen molar-refractivity contribution >= 4 is 17.3 Å². The van der Waals surface area contributed by atoms with Crippen LogP contribution in [0.5, 0.6) is 0 Å². The molecule has 0 aliphatic carbocycles. The predicted octanol–water partition coefficient (Wildman–Crippen LogP) is 3.79. The monoisotopic (exact) mass is 289 g/mol. The molecule has 1 heterocycles. The minimum absolute atomic E-state index is 0.0112. The van der Waals surface area contributed by atoms with Crippen LogP contribution in [0.15, 0.2) is 24.3 Å². The second kappa shape index (κ2) is 6.18. The van der Waals surface area contributed by atoms with Crippen LogP contribution in [0.2, 0.25) is 0 Å². The second-order valence-corrected chi connectivity index (χ2v) is 6.39. The first-order valence-electron chi connectivity index (χ1n) is 6.72. The van der Waals surface area contributed by atoms with Gasteiger partial charge in [0.15, 0.2) is 0 Å². The normalized spacial score (nSPS) is 11.0. The van der Waals surface area contributed by atoms with Crippen molar-refractivity contribution in [1.29, 1.82) is 0 Å². The number of thiazole rings is 1. The lowest BCUT2D eigenvalue weighted by atomic mass is 9.95. The lowest BCUT2D eigenvalue weighted by molar-refractivity contribution is -0.136. The molecule has 0 aliphatic heterocycles. The minimum atomic E-state index is -0.826. The largest absolute Gasteiger partial charge is 0.481 e. The van der Waals surface area contributed by atoms with Crippen molar-refractivity contribution < 1.29 is 9.90 Å². The summed E-state index contributed by atoms with van der Waals surface area (Å²) in [5.41, 5.74) is 3.60. The van der Waals surface area contributed by atoms with Crippen LogP contribution >= 0.6 is 11.3 Å². The summed E-state index contributed by atoms with van der Waals surface area (Å²) in [6, 6.07) is 8.42. The fraction of sp³-hybridized carbons (Fsp3) is 0.375. The highest BCUT2D eigenvalue weighted by Gasteiger charge is 2.13. The van der Waals surface area contributed by atoms with Gasteiger partial charge in [0.2, 0.25) is 0 Å². The molecule has 0 saturated heterocycles. The van der Waals surface area contributed by atoms with E-state index in [0.29, 0.717) is 10.9 Å². The zero-order valence-electron chi connectivity index (χ0n) is 12.0. The maximum atomic E-state index is 10.8. The molecule has 0 bridgehead atoms. The van der Waals surface area contributed by atoms with Gasteiger partial charge >= 0.3 is 5.97 Å². The lowest BCUT2D eigenvalue weighted by Crippen LogP contribution is -1.98. The Morgan fingerprint density at radius 2 is 2.05 bits per heavy atom. The first-order valence-corrected chi connectivity index (χ1v) is 7.53. The Bertz CT molecular complexity index is 617. The Labute approximate surface area is 123 Å². The molecule has 0 aliphatic rings. The first-order chi connectivity index (χ1) is 9.47. The Hall–Kier alpha value is -1.68. The van der Waals surface area contributed by atoms with Gasteiger partial charge in [-0.1, -0.05) is 38.1 Å². The molecular formula is C16H19NO2S. The fourth-order valence-corrected chi connectivity index (χ4v) is 3.37. The van der Waals surface area contributed by atoms with Crippen molar-refractivity contribution in [3.63, 3.8) is 0 Å². The molecule has 0 atom stereocenters. The molecule has 0 amide bonds. The Balaban J connectivity index is 2.26. The third kappa shape index (κ3) is 3.45. The molecule has 2 rings (SSSR count). The summed E-state index contributed by atoms with van der Waals surface area (Å²) in [6.07, 6.45) is 0.842. The lowest BCUT2D eigenvalue weighted by Gasteiger charge is -2.11. The molecule has 106 valence electrons. The van der Waals surface area contributed by atoms with Crippen LogP contribution in [-0.2, 0) is 17.6 Å². The molecule has 4 heteroatoms. The highest BCUT2D eigenvalue weighted by atomic mass is 32.1. The molecule has 1 aromatic carbocycles. The van der Waals surface area contributed by atoms with Crippen molar-refractivity contribution in [2.24, 2.45) is 0 Å². The van der Waals surface area contributed by atoms with E-state index in [9.17, 15) is 4.79 Å². The number of aryl methyl sites for hydroxylation is 1. The molecule has 0 fully saturated rings. The van der Waals surface area contributed by atoms with E-state index in [4.69, 9.17) is 5.11 Å². The van der Waals surface area contributed by atoms with Gasteiger partial charge in [-0.3, -0.25) is 4.79 Å². The van der Waals surface area contributed by atoms with Crippen LogP contribution in [0.1, 0.15) is 46.5 Å². The van der Waals surface area contributed by atoms with Gasteiger partial charge in [-0.25, -0.2) is 4.98 Å². The highest BCUT2D eigenvalue weighted by molar-refractivity contribution is 7.11. The molecule has 0 unspecified atom stereocenters. The maximum Gasteiger partial charge on any atom is 0.310 e. The van der Waals surface area contributed by atoms with Gasteiger partial charge in [0.1, 0.15) is 5.01 Å². The average molecular weight is 289 g/mol. The van der Waals surface area contributed by atoms with Crippen molar-refractivity contribution in [1.82, 2.24) is 4.98 Å². The van der Waals surface area contributed by atoms with Crippen molar-refractivity contribution in [3.05, 3.63) is 51.0 Å². The summed E-state index contributed by atoms with van der Waals surface area (Å²) in [5, 5.41) is 9.53. The Morgan fingerprint density at radius 1 is 1.35 bits per heavy atom. The number of hydrogen-bond acceptors (Lipinski definition) is 3. The summed E-state index contributed by atoms with van der Waals surface area (Å²) in [6.45, 7) is 6.33. The molecule has 0 saturated carbocycles. The van der Waals surface area contributed by atoms with Crippen LogP contribution in [-0.4, -0.2) is 16.1 Å². The number of carboxylic acid groups (broad SMARTS) is 1. The van der Waals surface area contributed by atoms with Crippen molar-refractivity contribution in [2.45, 2.75) is 39.5 Å². The van der Waals surface area contributed by atoms with Crippen molar-refractivity contribution in [2.75, 3.05) is 0 Å². The van der Waals surface area contributed by atoms with E-state index in [1.807, 2.05) is 6.92 Å². The summed E-state index contributed by atoms with van der Waals surface area (Å²) < 4.78 is 0. The van der Waals surface area contributed by atoms with Crippen molar-refractivity contribution in [3.8, 4) is 0 Å². The summed E-state index contributed by atoms with van der Waals surface area (Å²) >= 11 is 1.51. The minimum Gasteiger partial charge on any atom is -0.481 e. The average Bonchev–Trinajstić information content (AvgIpc) is 2.69. The van der Waals surface area contributed by atoms with Gasteiger partial charge in [-0.2, -0.15) is 0 Å². The van der Waals surface area contributed by atoms with Gasteiger partial charge in [0.05, 0.1) is 12.1 Å². The van der Waals surface area contributed by atoms with Gasteiger partial charge < -0.3 is 5.11 Å². The SMILES string of the molecule is Cc1nc(CC(=O)O)sc1Cc1ccccc1C(C)C. The first kappa shape index (κ1) is 14.7. The Morgan fingerprint density at radius 3 is 2.70 bits per heavy atom. The fourth-order valence-electron chi connectivity index (χ4n) is 2.29. The van der Waals surface area contributed by atoms with E-state index in [1.165, 1.54) is 22.5 Å². The molecular weight excluding hydrogens is 270 g/mol.